The second-order valence-electron chi connectivity index (χ2n) is 7.13. The summed E-state index contributed by atoms with van der Waals surface area (Å²) in [6.07, 6.45) is 4.84. The Morgan fingerprint density at radius 2 is 1.52 bits per heavy atom. The number of halogens is 2. The van der Waals surface area contributed by atoms with E-state index in [0.29, 0.717) is 10.0 Å². The number of ether oxygens (including phenoxy) is 2. The van der Waals surface area contributed by atoms with E-state index in [1.165, 1.54) is 0 Å². The molecule has 0 fully saturated rings. The Labute approximate surface area is 192 Å². The number of rotatable bonds is 6. The van der Waals surface area contributed by atoms with Gasteiger partial charge in [0.2, 0.25) is 0 Å². The van der Waals surface area contributed by atoms with Crippen molar-refractivity contribution in [3.05, 3.63) is 94.0 Å². The van der Waals surface area contributed by atoms with Crippen LogP contribution in [0.3, 0.4) is 0 Å². The minimum absolute atomic E-state index is 0.0140. The van der Waals surface area contributed by atoms with E-state index < -0.39 is 0 Å². The van der Waals surface area contributed by atoms with Gasteiger partial charge in [-0.15, -0.1) is 0 Å². The predicted molar refractivity (Wildman–Crippen MR) is 129 cm³/mol. The number of benzene rings is 3. The van der Waals surface area contributed by atoms with Gasteiger partial charge in [0.25, 0.3) is 0 Å². The summed E-state index contributed by atoms with van der Waals surface area (Å²) < 4.78 is 10.5. The third-order valence-corrected chi connectivity index (χ3v) is 5.71. The van der Waals surface area contributed by atoms with Crippen LogP contribution in [0, 0.1) is 0 Å². The Balaban J connectivity index is 1.65. The molecule has 1 unspecified atom stereocenters. The van der Waals surface area contributed by atoms with Crippen LogP contribution in [-0.4, -0.2) is 19.9 Å². The monoisotopic (exact) mass is 452 g/mol. The van der Waals surface area contributed by atoms with Gasteiger partial charge >= 0.3 is 0 Å². The molecule has 0 amide bonds. The Morgan fingerprint density at radius 3 is 2.13 bits per heavy atom. The van der Waals surface area contributed by atoms with Crippen LogP contribution in [-0.2, 0) is 0 Å². The number of anilines is 1. The molecule has 158 valence electrons. The van der Waals surface area contributed by atoms with Gasteiger partial charge in [0, 0.05) is 11.4 Å². The highest BCUT2D eigenvalue weighted by Crippen LogP contribution is 2.40. The fourth-order valence-electron chi connectivity index (χ4n) is 3.52. The lowest BCUT2D eigenvalue weighted by Crippen LogP contribution is -2.18. The molecule has 0 saturated heterocycles. The van der Waals surface area contributed by atoms with Crippen molar-refractivity contribution in [1.29, 1.82) is 0 Å². The lowest BCUT2D eigenvalue weighted by atomic mass is 10.0. The molecule has 4 nitrogen and oxygen atoms in total. The van der Waals surface area contributed by atoms with Gasteiger partial charge in [-0.1, -0.05) is 53.5 Å². The topological polar surface area (TPSA) is 34.1 Å². The summed E-state index contributed by atoms with van der Waals surface area (Å²) in [5.74, 6) is 1.65. The third-order valence-electron chi connectivity index (χ3n) is 5.17. The molecule has 31 heavy (non-hydrogen) atoms. The predicted octanol–water partition coefficient (Wildman–Crippen LogP) is 7.03. The van der Waals surface area contributed by atoms with E-state index in [2.05, 4.69) is 18.2 Å². The average Bonchev–Trinajstić information content (AvgIpc) is 3.22. The lowest BCUT2D eigenvalue weighted by Gasteiger charge is -2.25. The summed E-state index contributed by atoms with van der Waals surface area (Å²) in [6, 6.07) is 21.4. The molecule has 1 aliphatic heterocycles. The van der Waals surface area contributed by atoms with E-state index in [9.17, 15) is 0 Å². The van der Waals surface area contributed by atoms with Gasteiger partial charge in [-0.25, -0.2) is 0 Å². The molecular weight excluding hydrogens is 431 g/mol. The molecule has 3 aromatic rings. The number of methoxy groups -OCH3 is 2. The lowest BCUT2D eigenvalue weighted by molar-refractivity contribution is 0.414. The third kappa shape index (κ3) is 4.87. The largest absolute Gasteiger partial charge is 0.497 e. The standard InChI is InChI=1S/C25H22Cl2N2O2/c1-30-21-10-4-17(5-11-21)3-9-20-16-25(18-6-12-22(31-2)13-7-18)29(28-20)24-14-8-19(26)15-23(24)27/h3-15,25H,16H2,1-2H3/b9-3+. The number of hydrogen-bond donors (Lipinski definition) is 0. The van der Waals surface area contributed by atoms with Gasteiger partial charge in [0.05, 0.1) is 36.7 Å². The summed E-state index contributed by atoms with van der Waals surface area (Å²) in [4.78, 5) is 0. The van der Waals surface area contributed by atoms with Gasteiger partial charge in [0.1, 0.15) is 11.5 Å². The fraction of sp³-hybridized carbons (Fsp3) is 0.160. The van der Waals surface area contributed by atoms with Crippen LogP contribution in [0.2, 0.25) is 10.0 Å². The number of allylic oxidation sites excluding steroid dienone is 1. The van der Waals surface area contributed by atoms with Crippen LogP contribution < -0.4 is 14.5 Å². The van der Waals surface area contributed by atoms with Gasteiger partial charge in [-0.2, -0.15) is 5.10 Å². The maximum Gasteiger partial charge on any atom is 0.118 e. The smallest absolute Gasteiger partial charge is 0.118 e. The molecule has 1 atom stereocenters. The van der Waals surface area contributed by atoms with Crippen LogP contribution >= 0.6 is 23.2 Å². The molecule has 0 bridgehead atoms. The van der Waals surface area contributed by atoms with E-state index in [0.717, 1.165) is 40.4 Å². The van der Waals surface area contributed by atoms with E-state index in [4.69, 9.17) is 37.8 Å². The van der Waals surface area contributed by atoms with Crippen molar-refractivity contribution in [3.8, 4) is 11.5 Å². The normalized spacial score (nSPS) is 15.9. The molecule has 3 aromatic carbocycles. The minimum Gasteiger partial charge on any atom is -0.497 e. The number of nitrogens with zero attached hydrogens (tertiary/aromatic N) is 2. The molecule has 0 N–H and O–H groups in total. The molecular formula is C25H22Cl2N2O2. The first-order chi connectivity index (χ1) is 15.1. The summed E-state index contributed by atoms with van der Waals surface area (Å²) in [5, 5.41) is 8.00. The van der Waals surface area contributed by atoms with Crippen LogP contribution in [0.25, 0.3) is 6.08 Å². The SMILES string of the molecule is COc1ccc(/C=C/C2=NN(c3ccc(Cl)cc3Cl)C(c3ccc(OC)cc3)C2)cc1. The molecule has 4 rings (SSSR count). The summed E-state index contributed by atoms with van der Waals surface area (Å²) in [7, 11) is 3.32. The Morgan fingerprint density at radius 1 is 0.871 bits per heavy atom. The number of hydrazone groups is 1. The highest BCUT2D eigenvalue weighted by Gasteiger charge is 2.29. The fourth-order valence-corrected chi connectivity index (χ4v) is 4.01. The van der Waals surface area contributed by atoms with Crippen molar-refractivity contribution in [1.82, 2.24) is 0 Å². The van der Waals surface area contributed by atoms with Crippen LogP contribution in [0.5, 0.6) is 11.5 Å². The first-order valence-corrected chi connectivity index (χ1v) is 10.6. The Kier molecular flexibility index (Phi) is 6.50. The average molecular weight is 453 g/mol. The van der Waals surface area contributed by atoms with E-state index in [1.807, 2.05) is 59.6 Å². The maximum atomic E-state index is 6.51. The molecule has 0 radical (unpaired) electrons. The van der Waals surface area contributed by atoms with Gasteiger partial charge in [-0.05, 0) is 59.7 Å². The van der Waals surface area contributed by atoms with Gasteiger partial charge in [0.15, 0.2) is 0 Å². The second kappa shape index (κ2) is 9.46. The molecule has 0 spiro atoms. The van der Waals surface area contributed by atoms with Crippen molar-refractivity contribution < 1.29 is 9.47 Å². The molecule has 0 aliphatic carbocycles. The van der Waals surface area contributed by atoms with Crippen molar-refractivity contribution in [2.45, 2.75) is 12.5 Å². The van der Waals surface area contributed by atoms with Crippen molar-refractivity contribution in [3.63, 3.8) is 0 Å². The minimum atomic E-state index is 0.0140. The maximum absolute atomic E-state index is 6.51. The molecule has 0 saturated carbocycles. The molecule has 1 heterocycles. The van der Waals surface area contributed by atoms with Crippen LogP contribution in [0.4, 0.5) is 5.69 Å². The molecule has 6 heteroatoms. The zero-order chi connectivity index (χ0) is 21.8. The van der Waals surface area contributed by atoms with E-state index >= 15 is 0 Å². The van der Waals surface area contributed by atoms with E-state index in [-0.39, 0.29) is 6.04 Å². The first kappa shape index (κ1) is 21.3. The number of hydrogen-bond acceptors (Lipinski definition) is 4. The Hall–Kier alpha value is -2.95. The van der Waals surface area contributed by atoms with Crippen molar-refractivity contribution in [2.75, 3.05) is 19.2 Å². The van der Waals surface area contributed by atoms with Gasteiger partial charge < -0.3 is 9.47 Å². The summed E-state index contributed by atoms with van der Waals surface area (Å²) in [5.41, 5.74) is 3.98. The molecule has 0 aromatic heterocycles. The summed E-state index contributed by atoms with van der Waals surface area (Å²) in [6.45, 7) is 0. The summed E-state index contributed by atoms with van der Waals surface area (Å²) >= 11 is 12.6. The second-order valence-corrected chi connectivity index (χ2v) is 7.97. The van der Waals surface area contributed by atoms with Crippen LogP contribution in [0.1, 0.15) is 23.6 Å². The van der Waals surface area contributed by atoms with Crippen molar-refractivity contribution >= 4 is 40.7 Å². The van der Waals surface area contributed by atoms with E-state index in [1.54, 1.807) is 20.3 Å². The first-order valence-electron chi connectivity index (χ1n) is 9.85. The highest BCUT2D eigenvalue weighted by atomic mass is 35.5. The quantitative estimate of drug-likeness (QED) is 0.402. The van der Waals surface area contributed by atoms with Crippen LogP contribution in [0.15, 0.2) is 77.9 Å². The highest BCUT2D eigenvalue weighted by molar-refractivity contribution is 6.36. The Bertz CT molecular complexity index is 1110. The zero-order valence-corrected chi connectivity index (χ0v) is 18.8. The van der Waals surface area contributed by atoms with Crippen molar-refractivity contribution in [2.24, 2.45) is 5.10 Å². The zero-order valence-electron chi connectivity index (χ0n) is 17.3. The van der Waals surface area contributed by atoms with Gasteiger partial charge in [-0.3, -0.25) is 5.01 Å². The molecule has 1 aliphatic rings.